The number of rotatable bonds is 6. The minimum absolute atomic E-state index is 0.118. The molecule has 1 heterocycles. The molecule has 0 bridgehead atoms. The highest BCUT2D eigenvalue weighted by molar-refractivity contribution is 7.13. The van der Waals surface area contributed by atoms with Crippen LogP contribution in [0.2, 0.25) is 0 Å². The van der Waals surface area contributed by atoms with E-state index in [1.807, 2.05) is 24.3 Å². The van der Waals surface area contributed by atoms with Gasteiger partial charge in [-0.15, -0.1) is 0 Å². The SMILES string of the molecule is NC(=O)Cc1ccccc1NCc1csc([N+](=O)[O-])c1. The Balaban J connectivity index is 2.06. The number of amides is 1. The smallest absolute Gasteiger partial charge is 0.324 e. The first-order valence-corrected chi connectivity index (χ1v) is 6.76. The molecule has 0 aliphatic carbocycles. The van der Waals surface area contributed by atoms with E-state index in [4.69, 9.17) is 5.73 Å². The topological polar surface area (TPSA) is 98.3 Å². The second-order valence-corrected chi connectivity index (χ2v) is 5.09. The van der Waals surface area contributed by atoms with Gasteiger partial charge in [0.15, 0.2) is 0 Å². The summed E-state index contributed by atoms with van der Waals surface area (Å²) in [6, 6.07) is 8.89. The Labute approximate surface area is 119 Å². The molecule has 0 aliphatic heterocycles. The molecule has 1 amide bonds. The zero-order valence-corrected chi connectivity index (χ0v) is 11.4. The van der Waals surface area contributed by atoms with Crippen LogP contribution in [0.1, 0.15) is 11.1 Å². The summed E-state index contributed by atoms with van der Waals surface area (Å²) in [6.07, 6.45) is 0.160. The zero-order chi connectivity index (χ0) is 14.5. The van der Waals surface area contributed by atoms with Crippen LogP contribution >= 0.6 is 11.3 Å². The van der Waals surface area contributed by atoms with Gasteiger partial charge in [0.2, 0.25) is 5.91 Å². The van der Waals surface area contributed by atoms with Crippen molar-refractivity contribution in [2.75, 3.05) is 5.32 Å². The lowest BCUT2D eigenvalue weighted by Crippen LogP contribution is -2.15. The van der Waals surface area contributed by atoms with E-state index in [2.05, 4.69) is 5.32 Å². The van der Waals surface area contributed by atoms with Gasteiger partial charge < -0.3 is 11.1 Å². The predicted octanol–water partition coefficient (Wildman–Crippen LogP) is 2.30. The van der Waals surface area contributed by atoms with Gasteiger partial charge in [0.1, 0.15) is 0 Å². The largest absolute Gasteiger partial charge is 0.381 e. The van der Waals surface area contributed by atoms with E-state index in [1.165, 1.54) is 6.07 Å². The van der Waals surface area contributed by atoms with Crippen molar-refractivity contribution in [3.8, 4) is 0 Å². The van der Waals surface area contributed by atoms with Gasteiger partial charge >= 0.3 is 5.00 Å². The summed E-state index contributed by atoms with van der Waals surface area (Å²) < 4.78 is 0. The summed E-state index contributed by atoms with van der Waals surface area (Å²) in [7, 11) is 0. The number of thiophene rings is 1. The fraction of sp³-hybridized carbons (Fsp3) is 0.154. The number of anilines is 1. The summed E-state index contributed by atoms with van der Waals surface area (Å²) in [5.41, 5.74) is 7.64. The molecule has 1 aromatic carbocycles. The maximum Gasteiger partial charge on any atom is 0.324 e. The maximum atomic E-state index is 11.0. The van der Waals surface area contributed by atoms with E-state index in [1.54, 1.807) is 5.38 Å². The van der Waals surface area contributed by atoms with E-state index >= 15 is 0 Å². The second kappa shape index (κ2) is 6.16. The average Bonchev–Trinajstić information content (AvgIpc) is 2.86. The molecule has 20 heavy (non-hydrogen) atoms. The molecule has 7 heteroatoms. The number of para-hydroxylation sites is 1. The van der Waals surface area contributed by atoms with E-state index in [0.29, 0.717) is 6.54 Å². The molecular weight excluding hydrogens is 278 g/mol. The molecule has 0 fully saturated rings. The Morgan fingerprint density at radius 2 is 2.15 bits per heavy atom. The third kappa shape index (κ3) is 3.55. The van der Waals surface area contributed by atoms with Crippen LogP contribution in [0.4, 0.5) is 10.7 Å². The average molecular weight is 291 g/mol. The van der Waals surface area contributed by atoms with Crippen LogP contribution in [-0.2, 0) is 17.8 Å². The molecule has 6 nitrogen and oxygen atoms in total. The van der Waals surface area contributed by atoms with Gasteiger partial charge in [-0.25, -0.2) is 0 Å². The Hall–Kier alpha value is -2.41. The van der Waals surface area contributed by atoms with Crippen LogP contribution in [0.5, 0.6) is 0 Å². The molecule has 3 N–H and O–H groups in total. The van der Waals surface area contributed by atoms with E-state index in [-0.39, 0.29) is 11.4 Å². The fourth-order valence-electron chi connectivity index (χ4n) is 1.78. The molecular formula is C13H13N3O3S. The summed E-state index contributed by atoms with van der Waals surface area (Å²) >= 11 is 1.09. The highest BCUT2D eigenvalue weighted by Crippen LogP contribution is 2.24. The molecule has 1 aromatic heterocycles. The molecule has 0 saturated carbocycles. The Morgan fingerprint density at radius 1 is 1.40 bits per heavy atom. The van der Waals surface area contributed by atoms with Crippen LogP contribution < -0.4 is 11.1 Å². The molecule has 0 saturated heterocycles. The van der Waals surface area contributed by atoms with Gasteiger partial charge in [0.05, 0.1) is 11.3 Å². The molecule has 0 atom stereocenters. The third-order valence-corrected chi connectivity index (χ3v) is 3.61. The van der Waals surface area contributed by atoms with E-state index < -0.39 is 10.8 Å². The number of benzene rings is 1. The van der Waals surface area contributed by atoms with Crippen LogP contribution in [0, 0.1) is 10.1 Å². The van der Waals surface area contributed by atoms with Gasteiger partial charge in [-0.05, 0) is 17.2 Å². The van der Waals surface area contributed by atoms with Crippen LogP contribution in [0.3, 0.4) is 0 Å². The minimum atomic E-state index is -0.408. The van der Waals surface area contributed by atoms with Gasteiger partial charge in [-0.2, -0.15) is 0 Å². The number of nitrogens with one attached hydrogen (secondary N) is 1. The molecule has 2 aromatic rings. The van der Waals surface area contributed by atoms with E-state index in [0.717, 1.165) is 28.2 Å². The van der Waals surface area contributed by atoms with Crippen molar-refractivity contribution >= 4 is 27.9 Å². The first kappa shape index (κ1) is 14.0. The van der Waals surface area contributed by atoms with Crippen LogP contribution in [-0.4, -0.2) is 10.8 Å². The number of nitrogens with two attached hydrogens (primary N) is 1. The lowest BCUT2D eigenvalue weighted by atomic mass is 10.1. The van der Waals surface area contributed by atoms with Crippen LogP contribution in [0.25, 0.3) is 0 Å². The van der Waals surface area contributed by atoms with Crippen molar-refractivity contribution in [1.82, 2.24) is 0 Å². The summed E-state index contributed by atoms with van der Waals surface area (Å²) in [5, 5.41) is 15.6. The van der Waals surface area contributed by atoms with E-state index in [9.17, 15) is 14.9 Å². The Morgan fingerprint density at radius 3 is 2.80 bits per heavy atom. The van der Waals surface area contributed by atoms with Gasteiger partial charge in [0.25, 0.3) is 0 Å². The molecule has 0 aliphatic rings. The number of carbonyl (C=O) groups is 1. The number of hydrogen-bond acceptors (Lipinski definition) is 5. The maximum absolute atomic E-state index is 11.0. The molecule has 0 radical (unpaired) electrons. The highest BCUT2D eigenvalue weighted by Gasteiger charge is 2.10. The number of carbonyl (C=O) groups excluding carboxylic acids is 1. The number of primary amides is 1. The molecule has 2 rings (SSSR count). The second-order valence-electron chi connectivity index (χ2n) is 4.20. The number of nitro groups is 1. The summed E-state index contributed by atoms with van der Waals surface area (Å²) in [6.45, 7) is 0.458. The van der Waals surface area contributed by atoms with Crippen molar-refractivity contribution in [3.05, 3.63) is 57.0 Å². The van der Waals surface area contributed by atoms with Gasteiger partial charge in [-0.1, -0.05) is 29.5 Å². The van der Waals surface area contributed by atoms with Crippen molar-refractivity contribution < 1.29 is 9.72 Å². The fourth-order valence-corrected chi connectivity index (χ4v) is 2.51. The minimum Gasteiger partial charge on any atom is -0.381 e. The third-order valence-electron chi connectivity index (χ3n) is 2.68. The standard InChI is InChI=1S/C13H13N3O3S/c14-12(17)6-10-3-1-2-4-11(10)15-7-9-5-13(16(18)19)20-8-9/h1-5,8,15H,6-7H2,(H2,14,17). The van der Waals surface area contributed by atoms with Crippen molar-refractivity contribution in [3.63, 3.8) is 0 Å². The molecule has 0 spiro atoms. The summed E-state index contributed by atoms with van der Waals surface area (Å²) in [4.78, 5) is 21.2. The van der Waals surface area contributed by atoms with Crippen molar-refractivity contribution in [2.45, 2.75) is 13.0 Å². The normalized spacial score (nSPS) is 10.2. The highest BCUT2D eigenvalue weighted by atomic mass is 32.1. The number of nitrogens with zero attached hydrogens (tertiary/aromatic N) is 1. The number of hydrogen-bond donors (Lipinski definition) is 2. The lowest BCUT2D eigenvalue weighted by Gasteiger charge is -2.10. The molecule has 0 unspecified atom stereocenters. The Bertz CT molecular complexity index is 639. The van der Waals surface area contributed by atoms with Gasteiger partial charge in [0, 0.05) is 23.7 Å². The lowest BCUT2D eigenvalue weighted by molar-refractivity contribution is -0.380. The van der Waals surface area contributed by atoms with Crippen LogP contribution in [0.15, 0.2) is 35.7 Å². The quantitative estimate of drug-likeness (QED) is 0.630. The monoisotopic (exact) mass is 291 g/mol. The summed E-state index contributed by atoms with van der Waals surface area (Å²) in [5.74, 6) is -0.398. The van der Waals surface area contributed by atoms with Crippen molar-refractivity contribution in [2.24, 2.45) is 5.73 Å². The van der Waals surface area contributed by atoms with Crippen molar-refractivity contribution in [1.29, 1.82) is 0 Å². The first-order chi connectivity index (χ1) is 9.56. The Kier molecular flexibility index (Phi) is 4.31. The zero-order valence-electron chi connectivity index (χ0n) is 10.5. The molecule has 104 valence electrons. The first-order valence-electron chi connectivity index (χ1n) is 5.88. The van der Waals surface area contributed by atoms with Gasteiger partial charge in [-0.3, -0.25) is 14.9 Å². The predicted molar refractivity (Wildman–Crippen MR) is 77.6 cm³/mol.